The third-order valence-electron chi connectivity index (χ3n) is 4.34. The van der Waals surface area contributed by atoms with Gasteiger partial charge in [-0.15, -0.1) is 32.9 Å². The van der Waals surface area contributed by atoms with Gasteiger partial charge >= 0.3 is 5.97 Å². The summed E-state index contributed by atoms with van der Waals surface area (Å²) in [6, 6.07) is 11.6. The number of anilines is 1. The van der Waals surface area contributed by atoms with Gasteiger partial charge in [0, 0.05) is 21.4 Å². The van der Waals surface area contributed by atoms with Gasteiger partial charge in [0.15, 0.2) is 0 Å². The number of rotatable bonds is 8. The molecule has 3 heterocycles. The van der Waals surface area contributed by atoms with Crippen molar-refractivity contribution in [2.24, 2.45) is 0 Å². The van der Waals surface area contributed by atoms with Crippen LogP contribution in [0.1, 0.15) is 22.8 Å². The number of ether oxygens (including phenoxy) is 1. The fourth-order valence-electron chi connectivity index (χ4n) is 2.84. The molecule has 10 heteroatoms. The highest BCUT2D eigenvalue weighted by Crippen LogP contribution is 2.38. The Kier molecular flexibility index (Phi) is 7.03. The number of carbonyl (C=O) groups excluding carboxylic acids is 2. The van der Waals surface area contributed by atoms with Crippen molar-refractivity contribution in [3.63, 3.8) is 0 Å². The average Bonchev–Trinajstić information content (AvgIpc) is 3.53. The smallest absolute Gasteiger partial charge is 0.341 e. The Morgan fingerprint density at radius 2 is 1.97 bits per heavy atom. The summed E-state index contributed by atoms with van der Waals surface area (Å²) in [6.07, 6.45) is 0. The minimum Gasteiger partial charge on any atom is -0.462 e. The van der Waals surface area contributed by atoms with Gasteiger partial charge < -0.3 is 14.5 Å². The molecule has 1 amide bonds. The van der Waals surface area contributed by atoms with E-state index in [2.05, 4.69) is 15.5 Å². The standard InChI is InChI=1S/C22H19N3O4S3/c1-3-28-21(27)18-15(16-5-4-10-30-16)11-31-20(18)23-17(26)12-32-22-25-24-19(29-22)14-8-6-13(2)7-9-14/h4-11H,3,12H2,1-2H3,(H,23,26). The predicted molar refractivity (Wildman–Crippen MR) is 127 cm³/mol. The molecule has 0 radical (unpaired) electrons. The zero-order valence-electron chi connectivity index (χ0n) is 17.3. The second-order valence-electron chi connectivity index (χ2n) is 6.63. The van der Waals surface area contributed by atoms with E-state index in [1.54, 1.807) is 6.92 Å². The number of nitrogens with zero attached hydrogens (tertiary/aromatic N) is 2. The summed E-state index contributed by atoms with van der Waals surface area (Å²) in [5.41, 5.74) is 3.08. The largest absolute Gasteiger partial charge is 0.462 e. The molecule has 7 nitrogen and oxygen atoms in total. The first-order valence-corrected chi connectivity index (χ1v) is 12.4. The van der Waals surface area contributed by atoms with Gasteiger partial charge in [-0.05, 0) is 37.4 Å². The number of amides is 1. The van der Waals surface area contributed by atoms with Crippen LogP contribution in [-0.4, -0.2) is 34.4 Å². The summed E-state index contributed by atoms with van der Waals surface area (Å²) < 4.78 is 10.9. The van der Waals surface area contributed by atoms with Gasteiger partial charge in [0.25, 0.3) is 5.22 Å². The lowest BCUT2D eigenvalue weighted by Gasteiger charge is -2.07. The molecule has 0 unspecified atom stereocenters. The van der Waals surface area contributed by atoms with Crippen LogP contribution in [0.4, 0.5) is 5.00 Å². The fraction of sp³-hybridized carbons (Fsp3) is 0.182. The molecule has 4 rings (SSSR count). The van der Waals surface area contributed by atoms with E-state index in [0.29, 0.717) is 21.7 Å². The van der Waals surface area contributed by atoms with Crippen molar-refractivity contribution >= 4 is 51.3 Å². The Hall–Kier alpha value is -2.95. The maximum Gasteiger partial charge on any atom is 0.341 e. The highest BCUT2D eigenvalue weighted by Gasteiger charge is 2.23. The summed E-state index contributed by atoms with van der Waals surface area (Å²) >= 11 is 3.95. The molecule has 0 saturated carbocycles. The number of aromatic nitrogens is 2. The number of benzene rings is 1. The molecule has 3 aromatic heterocycles. The van der Waals surface area contributed by atoms with Crippen molar-refractivity contribution in [1.29, 1.82) is 0 Å². The lowest BCUT2D eigenvalue weighted by molar-refractivity contribution is -0.113. The third kappa shape index (κ3) is 5.09. The second-order valence-corrected chi connectivity index (χ2v) is 9.38. The molecule has 1 aromatic carbocycles. The van der Waals surface area contributed by atoms with Crippen LogP contribution in [0.25, 0.3) is 21.9 Å². The molecular formula is C22H19N3O4S3. The van der Waals surface area contributed by atoms with Gasteiger partial charge in [-0.25, -0.2) is 4.79 Å². The second kappa shape index (κ2) is 10.1. The number of hydrogen-bond donors (Lipinski definition) is 1. The first-order chi connectivity index (χ1) is 15.5. The van der Waals surface area contributed by atoms with Gasteiger partial charge in [-0.2, -0.15) is 0 Å². The highest BCUT2D eigenvalue weighted by atomic mass is 32.2. The molecule has 32 heavy (non-hydrogen) atoms. The SMILES string of the molecule is CCOC(=O)c1c(-c2cccs2)csc1NC(=O)CSc1nnc(-c2ccc(C)cc2)o1. The number of thiophene rings is 2. The van der Waals surface area contributed by atoms with Crippen molar-refractivity contribution in [1.82, 2.24) is 10.2 Å². The van der Waals surface area contributed by atoms with Crippen LogP contribution in [0.2, 0.25) is 0 Å². The molecule has 0 aliphatic rings. The summed E-state index contributed by atoms with van der Waals surface area (Å²) in [5, 5.41) is 15.4. The minimum absolute atomic E-state index is 0.0596. The summed E-state index contributed by atoms with van der Waals surface area (Å²) in [5.74, 6) is -0.282. The van der Waals surface area contributed by atoms with Crippen LogP contribution in [0.5, 0.6) is 0 Å². The number of nitrogens with one attached hydrogen (secondary N) is 1. The van der Waals surface area contributed by atoms with E-state index in [4.69, 9.17) is 9.15 Å². The van der Waals surface area contributed by atoms with E-state index in [0.717, 1.165) is 33.3 Å². The van der Waals surface area contributed by atoms with Crippen molar-refractivity contribution in [3.8, 4) is 21.9 Å². The van der Waals surface area contributed by atoms with Crippen LogP contribution in [0.3, 0.4) is 0 Å². The van der Waals surface area contributed by atoms with Crippen LogP contribution in [-0.2, 0) is 9.53 Å². The van der Waals surface area contributed by atoms with E-state index in [1.807, 2.05) is 54.1 Å². The zero-order chi connectivity index (χ0) is 22.5. The van der Waals surface area contributed by atoms with Crippen LogP contribution in [0, 0.1) is 6.92 Å². The first-order valence-electron chi connectivity index (χ1n) is 9.71. The quantitative estimate of drug-likeness (QED) is 0.251. The van der Waals surface area contributed by atoms with E-state index in [-0.39, 0.29) is 18.3 Å². The monoisotopic (exact) mass is 485 g/mol. The van der Waals surface area contributed by atoms with E-state index >= 15 is 0 Å². The molecule has 0 bridgehead atoms. The van der Waals surface area contributed by atoms with Crippen LogP contribution >= 0.6 is 34.4 Å². The number of aryl methyl sites for hydroxylation is 1. The Morgan fingerprint density at radius 3 is 2.69 bits per heavy atom. The number of thioether (sulfide) groups is 1. The van der Waals surface area contributed by atoms with Crippen molar-refractivity contribution in [2.75, 3.05) is 17.7 Å². The average molecular weight is 486 g/mol. The molecule has 1 N–H and O–H groups in total. The predicted octanol–water partition coefficient (Wildman–Crippen LogP) is 5.74. The normalized spacial score (nSPS) is 10.8. The lowest BCUT2D eigenvalue weighted by atomic mass is 10.1. The topological polar surface area (TPSA) is 94.3 Å². The number of hydrogen-bond acceptors (Lipinski definition) is 9. The van der Waals surface area contributed by atoms with Crippen molar-refractivity contribution in [2.45, 2.75) is 19.1 Å². The Morgan fingerprint density at radius 1 is 1.16 bits per heavy atom. The lowest BCUT2D eigenvalue weighted by Crippen LogP contribution is -2.16. The molecule has 0 aliphatic heterocycles. The molecule has 0 aliphatic carbocycles. The molecule has 0 atom stereocenters. The number of esters is 1. The summed E-state index contributed by atoms with van der Waals surface area (Å²) in [4.78, 5) is 26.1. The van der Waals surface area contributed by atoms with E-state index in [1.165, 1.54) is 22.7 Å². The van der Waals surface area contributed by atoms with Gasteiger partial charge in [0.05, 0.1) is 12.4 Å². The van der Waals surface area contributed by atoms with Crippen molar-refractivity contribution in [3.05, 3.63) is 58.3 Å². The summed E-state index contributed by atoms with van der Waals surface area (Å²) in [6.45, 7) is 4.00. The molecule has 0 fully saturated rings. The van der Waals surface area contributed by atoms with Crippen LogP contribution in [0.15, 0.2) is 56.8 Å². The zero-order valence-corrected chi connectivity index (χ0v) is 19.7. The Balaban J connectivity index is 1.43. The molecule has 0 saturated heterocycles. The van der Waals surface area contributed by atoms with Crippen molar-refractivity contribution < 1.29 is 18.7 Å². The highest BCUT2D eigenvalue weighted by molar-refractivity contribution is 7.99. The first kappa shape index (κ1) is 22.3. The minimum atomic E-state index is -0.459. The van der Waals surface area contributed by atoms with E-state index in [9.17, 15) is 9.59 Å². The van der Waals surface area contributed by atoms with Gasteiger partial charge in [0.2, 0.25) is 11.8 Å². The Bertz CT molecular complexity index is 1210. The van der Waals surface area contributed by atoms with E-state index < -0.39 is 5.97 Å². The van der Waals surface area contributed by atoms with Gasteiger partial charge in [0.1, 0.15) is 10.6 Å². The summed E-state index contributed by atoms with van der Waals surface area (Å²) in [7, 11) is 0. The fourth-order valence-corrected chi connectivity index (χ4v) is 5.19. The third-order valence-corrected chi connectivity index (χ3v) is 6.96. The molecular weight excluding hydrogens is 466 g/mol. The Labute approximate surface area is 196 Å². The molecule has 4 aromatic rings. The van der Waals surface area contributed by atoms with Gasteiger partial charge in [-0.1, -0.05) is 35.5 Å². The van der Waals surface area contributed by atoms with Crippen LogP contribution < -0.4 is 5.32 Å². The molecule has 0 spiro atoms. The molecule has 164 valence electrons. The number of carbonyl (C=O) groups is 2. The van der Waals surface area contributed by atoms with Gasteiger partial charge in [-0.3, -0.25) is 4.79 Å². The maximum atomic E-state index is 12.6. The maximum absolute atomic E-state index is 12.6.